The molecule has 0 aromatic heterocycles. The Hall–Kier alpha value is -2.48. The van der Waals surface area contributed by atoms with Gasteiger partial charge in [-0.25, -0.2) is 0 Å². The minimum Gasteiger partial charge on any atom is -0.493 e. The third-order valence-electron chi connectivity index (χ3n) is 7.24. The number of rotatable bonds is 16. The number of nitrogens with one attached hydrogen (secondary N) is 2. The molecule has 0 aliphatic heterocycles. The summed E-state index contributed by atoms with van der Waals surface area (Å²) < 4.78 is 17.0. The Labute approximate surface area is 217 Å². The zero-order valence-electron chi connectivity index (χ0n) is 23.2. The van der Waals surface area contributed by atoms with Crippen molar-refractivity contribution in [3.63, 3.8) is 0 Å². The second kappa shape index (κ2) is 14.9. The van der Waals surface area contributed by atoms with Crippen molar-refractivity contribution < 1.29 is 23.8 Å². The molecule has 1 aliphatic rings. The number of methoxy groups -OCH3 is 2. The average Bonchev–Trinajstić information content (AvgIpc) is 3.37. The number of benzene rings is 1. The highest BCUT2D eigenvalue weighted by Gasteiger charge is 2.36. The Morgan fingerprint density at radius 3 is 2.17 bits per heavy atom. The zero-order valence-corrected chi connectivity index (χ0v) is 23.2. The summed E-state index contributed by atoms with van der Waals surface area (Å²) in [5.74, 6) is 0.852. The van der Waals surface area contributed by atoms with E-state index >= 15 is 0 Å². The Bertz CT molecular complexity index is 811. The van der Waals surface area contributed by atoms with Crippen LogP contribution in [0.2, 0.25) is 0 Å². The Morgan fingerprint density at radius 1 is 1.00 bits per heavy atom. The fraction of sp³-hybridized carbons (Fsp3) is 0.714. The largest absolute Gasteiger partial charge is 0.493 e. The molecule has 1 fully saturated rings. The molecule has 8 heteroatoms. The zero-order chi connectivity index (χ0) is 26.6. The van der Waals surface area contributed by atoms with Gasteiger partial charge in [0.25, 0.3) is 5.91 Å². The molecule has 2 rings (SSSR count). The first-order valence-corrected chi connectivity index (χ1v) is 13.5. The van der Waals surface area contributed by atoms with Gasteiger partial charge in [0.1, 0.15) is 6.04 Å². The summed E-state index contributed by atoms with van der Waals surface area (Å²) in [5.41, 5.74) is 0.347. The van der Waals surface area contributed by atoms with E-state index in [1.807, 2.05) is 6.92 Å². The van der Waals surface area contributed by atoms with Gasteiger partial charge < -0.3 is 29.7 Å². The molecule has 1 aromatic carbocycles. The molecule has 8 nitrogen and oxygen atoms in total. The van der Waals surface area contributed by atoms with Gasteiger partial charge in [0.05, 0.1) is 20.8 Å². The predicted octanol–water partition coefficient (Wildman–Crippen LogP) is 4.55. The molecule has 204 valence electrons. The number of carbonyl (C=O) groups is 2. The number of amides is 2. The maximum absolute atomic E-state index is 13.2. The highest BCUT2D eigenvalue weighted by atomic mass is 16.5. The van der Waals surface area contributed by atoms with Gasteiger partial charge in [-0.1, -0.05) is 52.4 Å². The van der Waals surface area contributed by atoms with Gasteiger partial charge >= 0.3 is 0 Å². The number of ether oxygens (including phenoxy) is 3. The van der Waals surface area contributed by atoms with Crippen molar-refractivity contribution >= 4 is 11.8 Å². The molecule has 2 N–H and O–H groups in total. The fourth-order valence-electron chi connectivity index (χ4n) is 4.85. The minimum atomic E-state index is -0.616. The number of hydrogen-bond acceptors (Lipinski definition) is 6. The summed E-state index contributed by atoms with van der Waals surface area (Å²) in [5, 5.41) is 6.04. The van der Waals surface area contributed by atoms with Crippen molar-refractivity contribution in [3.05, 3.63) is 17.7 Å². The number of carbonyl (C=O) groups excluding carboxylic acids is 2. The van der Waals surface area contributed by atoms with Crippen LogP contribution in [-0.4, -0.2) is 69.8 Å². The highest BCUT2D eigenvalue weighted by Crippen LogP contribution is 2.39. The van der Waals surface area contributed by atoms with Crippen LogP contribution >= 0.6 is 0 Å². The lowest BCUT2D eigenvalue weighted by Crippen LogP contribution is -2.54. The van der Waals surface area contributed by atoms with E-state index in [0.29, 0.717) is 42.4 Å². The van der Waals surface area contributed by atoms with Crippen molar-refractivity contribution in [2.45, 2.75) is 89.6 Å². The third-order valence-corrected chi connectivity index (χ3v) is 7.24. The van der Waals surface area contributed by atoms with Crippen LogP contribution in [0.3, 0.4) is 0 Å². The van der Waals surface area contributed by atoms with E-state index in [2.05, 4.69) is 36.6 Å². The van der Waals surface area contributed by atoms with E-state index in [4.69, 9.17) is 14.2 Å². The third kappa shape index (κ3) is 8.02. The quantitative estimate of drug-likeness (QED) is 0.320. The lowest BCUT2D eigenvalue weighted by atomic mass is 9.95. The van der Waals surface area contributed by atoms with Gasteiger partial charge in [-0.2, -0.15) is 0 Å². The second-order valence-corrected chi connectivity index (χ2v) is 9.98. The Balaban J connectivity index is 2.10. The summed E-state index contributed by atoms with van der Waals surface area (Å²) in [4.78, 5) is 28.5. The molecule has 1 saturated carbocycles. The van der Waals surface area contributed by atoms with Gasteiger partial charge in [-0.05, 0) is 51.9 Å². The van der Waals surface area contributed by atoms with Crippen molar-refractivity contribution in [1.82, 2.24) is 15.5 Å². The molecule has 0 spiro atoms. The van der Waals surface area contributed by atoms with Crippen molar-refractivity contribution in [2.24, 2.45) is 0 Å². The summed E-state index contributed by atoms with van der Waals surface area (Å²) in [6.45, 7) is 5.30. The number of nitrogens with zero attached hydrogens (tertiary/aromatic N) is 1. The maximum atomic E-state index is 13.2. The number of unbranched alkanes of at least 4 members (excludes halogenated alkanes) is 3. The summed E-state index contributed by atoms with van der Waals surface area (Å²) >= 11 is 0. The van der Waals surface area contributed by atoms with Crippen molar-refractivity contribution in [2.75, 3.05) is 41.5 Å². The SMILES string of the molecule is CCCCCCOc1c(OC)cc(C(=O)N[C@@H](CCC)C(=O)NCC2(N(C)C)CCCC2)cc1OC. The van der Waals surface area contributed by atoms with Gasteiger partial charge in [0.15, 0.2) is 11.5 Å². The van der Waals surface area contributed by atoms with E-state index in [1.165, 1.54) is 33.5 Å². The molecule has 36 heavy (non-hydrogen) atoms. The van der Waals surface area contributed by atoms with E-state index in [0.717, 1.165) is 38.5 Å². The van der Waals surface area contributed by atoms with E-state index in [9.17, 15) is 9.59 Å². The molecule has 0 radical (unpaired) electrons. The molecular weight excluding hydrogens is 458 g/mol. The topological polar surface area (TPSA) is 89.1 Å². The second-order valence-electron chi connectivity index (χ2n) is 9.98. The van der Waals surface area contributed by atoms with E-state index < -0.39 is 6.04 Å². The first-order chi connectivity index (χ1) is 17.3. The van der Waals surface area contributed by atoms with Crippen LogP contribution in [0.25, 0.3) is 0 Å². The fourth-order valence-corrected chi connectivity index (χ4v) is 4.85. The van der Waals surface area contributed by atoms with Gasteiger partial charge in [-0.3, -0.25) is 9.59 Å². The van der Waals surface area contributed by atoms with Crippen LogP contribution < -0.4 is 24.8 Å². The van der Waals surface area contributed by atoms with Gasteiger partial charge in [0, 0.05) is 17.6 Å². The minimum absolute atomic E-state index is 0.0104. The van der Waals surface area contributed by atoms with Gasteiger partial charge in [0.2, 0.25) is 11.7 Å². The molecule has 1 atom stereocenters. The molecule has 0 bridgehead atoms. The smallest absolute Gasteiger partial charge is 0.252 e. The highest BCUT2D eigenvalue weighted by molar-refractivity contribution is 5.98. The predicted molar refractivity (Wildman–Crippen MR) is 143 cm³/mol. The van der Waals surface area contributed by atoms with Crippen LogP contribution in [0.1, 0.15) is 88.4 Å². The Kier molecular flexibility index (Phi) is 12.3. The van der Waals surface area contributed by atoms with Crippen LogP contribution in [0.15, 0.2) is 12.1 Å². The first-order valence-electron chi connectivity index (χ1n) is 13.5. The molecule has 2 amide bonds. The summed E-state index contributed by atoms with van der Waals surface area (Å²) in [6.07, 6.45) is 10.2. The normalized spacial score (nSPS) is 15.4. The number of hydrogen-bond donors (Lipinski definition) is 2. The van der Waals surface area contributed by atoms with Crippen LogP contribution in [-0.2, 0) is 4.79 Å². The standard InChI is InChI=1S/C28H47N3O5/c1-7-9-10-13-17-36-25-23(34-5)18-21(19-24(25)35-6)26(32)30-22(14-8-2)27(33)29-20-28(31(3)4)15-11-12-16-28/h18-19,22H,7-17,20H2,1-6H3,(H,29,33)(H,30,32)/t22-/m0/s1. The maximum Gasteiger partial charge on any atom is 0.252 e. The van der Waals surface area contributed by atoms with Crippen molar-refractivity contribution in [3.8, 4) is 17.2 Å². The van der Waals surface area contributed by atoms with Gasteiger partial charge in [-0.15, -0.1) is 0 Å². The van der Waals surface area contributed by atoms with Crippen LogP contribution in [0.5, 0.6) is 17.2 Å². The molecule has 0 saturated heterocycles. The lowest BCUT2D eigenvalue weighted by molar-refractivity contribution is -0.123. The summed E-state index contributed by atoms with van der Waals surface area (Å²) in [6, 6.07) is 2.66. The first kappa shape index (κ1) is 29.7. The number of likely N-dealkylation sites (N-methyl/N-ethyl adjacent to an activating group) is 1. The summed E-state index contributed by atoms with van der Waals surface area (Å²) in [7, 11) is 7.22. The Morgan fingerprint density at radius 2 is 1.64 bits per heavy atom. The lowest BCUT2D eigenvalue weighted by Gasteiger charge is -2.37. The molecule has 0 heterocycles. The molecule has 0 unspecified atom stereocenters. The molecule has 1 aromatic rings. The average molecular weight is 506 g/mol. The molecular formula is C28H47N3O5. The van der Waals surface area contributed by atoms with E-state index in [1.54, 1.807) is 12.1 Å². The van der Waals surface area contributed by atoms with Crippen LogP contribution in [0, 0.1) is 0 Å². The monoisotopic (exact) mass is 505 g/mol. The van der Waals surface area contributed by atoms with E-state index in [-0.39, 0.29) is 17.4 Å². The molecule has 1 aliphatic carbocycles. The van der Waals surface area contributed by atoms with Crippen LogP contribution in [0.4, 0.5) is 0 Å². The van der Waals surface area contributed by atoms with Crippen molar-refractivity contribution in [1.29, 1.82) is 0 Å².